The zero-order valence-electron chi connectivity index (χ0n) is 34.7. The number of hydrogen-bond donors (Lipinski definition) is 4. The van der Waals surface area contributed by atoms with Gasteiger partial charge < -0.3 is 9.47 Å². The molecule has 0 radical (unpaired) electrons. The van der Waals surface area contributed by atoms with Crippen LogP contribution in [0.15, 0.2) is 119 Å². The Balaban J connectivity index is 0.822. The van der Waals surface area contributed by atoms with Crippen molar-refractivity contribution in [3.05, 3.63) is 141 Å². The average Bonchev–Trinajstić information content (AvgIpc) is 3.76. The van der Waals surface area contributed by atoms with Crippen LogP contribution in [0.2, 0.25) is 0 Å². The summed E-state index contributed by atoms with van der Waals surface area (Å²) >= 11 is 13.1. The van der Waals surface area contributed by atoms with Crippen molar-refractivity contribution in [3.8, 4) is 11.5 Å². The third-order valence-corrected chi connectivity index (χ3v) is 12.9. The van der Waals surface area contributed by atoms with Gasteiger partial charge in [-0.3, -0.25) is 60.3 Å². The molecule has 6 amide bonds. The molecule has 0 bridgehead atoms. The summed E-state index contributed by atoms with van der Waals surface area (Å²) in [6, 6.07) is 32.7. The number of unbranched alkanes of at least 4 members (excludes halogenated alkanes) is 4. The first-order chi connectivity index (χ1) is 31.0. The fraction of sp³-hybridized carbons (Fsp3) is 0.261. The van der Waals surface area contributed by atoms with E-state index < -0.39 is 11.8 Å². The van der Waals surface area contributed by atoms with Crippen molar-refractivity contribution in [2.75, 3.05) is 13.1 Å². The Morgan fingerprint density at radius 2 is 0.859 bits per heavy atom. The van der Waals surface area contributed by atoms with Gasteiger partial charge in [0.1, 0.15) is 33.4 Å². The van der Waals surface area contributed by atoms with Crippen LogP contribution in [0.4, 0.5) is 0 Å². The number of hydrogen-bond acceptors (Lipinski definition) is 12. The third kappa shape index (κ3) is 14.0. The van der Waals surface area contributed by atoms with Crippen molar-refractivity contribution in [2.24, 2.45) is 0 Å². The molecular weight excluding hydrogens is 893 g/mol. The Morgan fingerprint density at radius 1 is 0.484 bits per heavy atom. The third-order valence-electron chi connectivity index (χ3n) is 9.84. The second-order valence-electron chi connectivity index (χ2n) is 14.5. The van der Waals surface area contributed by atoms with Crippen LogP contribution in [0, 0.1) is 0 Å². The Morgan fingerprint density at radius 3 is 1.23 bits per heavy atom. The standard InChI is InChI=1S/C46H46N6O8S4/c53-37(47-49-41(55)33-19-23-35(24-20-33)59-29-31-13-5-1-6-14-31)17-9-3-11-27-51-43(57)39(63-45(51)61)40-44(58)52(46(62)64-40)28-12-4-10-18-38(54)48-50-42(56)34-21-25-36(26-22-34)60-30-32-15-7-2-8-16-32/h1-2,5-8,13-16,19-26H,3-4,9-12,17-18,27-30H2,(H,47,53)(H,48,54)(H,49,55)(H,50,56)/b40-39+. The number of rotatable bonds is 20. The van der Waals surface area contributed by atoms with E-state index in [1.807, 2.05) is 60.7 Å². The molecule has 0 aliphatic carbocycles. The summed E-state index contributed by atoms with van der Waals surface area (Å²) in [5, 5.41) is 0. The molecule has 2 aliphatic rings. The highest BCUT2D eigenvalue weighted by molar-refractivity contribution is 8.29. The Hall–Kier alpha value is -6.08. The van der Waals surface area contributed by atoms with E-state index in [0.29, 0.717) is 96.1 Å². The molecule has 2 fully saturated rings. The average molecular weight is 939 g/mol. The molecule has 0 atom stereocenters. The van der Waals surface area contributed by atoms with Crippen LogP contribution in [0.1, 0.15) is 83.2 Å². The van der Waals surface area contributed by atoms with Crippen LogP contribution in [0.3, 0.4) is 0 Å². The molecule has 2 heterocycles. The van der Waals surface area contributed by atoms with Crippen LogP contribution in [0.25, 0.3) is 0 Å². The highest BCUT2D eigenvalue weighted by Crippen LogP contribution is 2.42. The SMILES string of the molecule is O=C(CCCCCN1C(=O)/C(=C2\SC(=S)N(CCCCCC(=O)NNC(=O)c3ccc(OCc4ccccc4)cc3)C2=O)SC1=S)NNC(=O)c1ccc(OCc2ccccc2)cc1. The maximum atomic E-state index is 13.4. The van der Waals surface area contributed by atoms with Crippen LogP contribution in [-0.4, -0.2) is 67.0 Å². The highest BCUT2D eigenvalue weighted by atomic mass is 32.2. The molecule has 0 unspecified atom stereocenters. The van der Waals surface area contributed by atoms with Crippen molar-refractivity contribution in [3.63, 3.8) is 0 Å². The number of thiocarbonyl (C=S) groups is 2. The lowest BCUT2D eigenvalue weighted by molar-refractivity contribution is -0.124. The van der Waals surface area contributed by atoms with Crippen LogP contribution < -0.4 is 31.2 Å². The van der Waals surface area contributed by atoms with Crippen molar-refractivity contribution >= 4 is 92.0 Å². The number of carbonyl (C=O) groups excluding carboxylic acids is 6. The molecule has 6 rings (SSSR count). The summed E-state index contributed by atoms with van der Waals surface area (Å²) in [4.78, 5) is 80.0. The molecule has 4 N–H and O–H groups in total. The second-order valence-corrected chi connectivity index (χ2v) is 17.8. The van der Waals surface area contributed by atoms with E-state index in [4.69, 9.17) is 33.9 Å². The summed E-state index contributed by atoms with van der Waals surface area (Å²) in [5.41, 5.74) is 12.5. The lowest BCUT2D eigenvalue weighted by Gasteiger charge is -2.14. The minimum Gasteiger partial charge on any atom is -0.489 e. The number of carbonyl (C=O) groups is 6. The zero-order chi connectivity index (χ0) is 45.3. The molecular formula is C46H46N6O8S4. The predicted molar refractivity (Wildman–Crippen MR) is 253 cm³/mol. The summed E-state index contributed by atoms with van der Waals surface area (Å²) in [7, 11) is 0. The Bertz CT molecular complexity index is 2200. The lowest BCUT2D eigenvalue weighted by atomic mass is 10.2. The molecule has 14 nitrogen and oxygen atoms in total. The number of hydrazine groups is 2. The molecule has 2 saturated heterocycles. The minimum atomic E-state index is -0.457. The summed E-state index contributed by atoms with van der Waals surface area (Å²) < 4.78 is 12.2. The number of ether oxygens (including phenoxy) is 2. The number of amides is 6. The van der Waals surface area contributed by atoms with Gasteiger partial charge in [0.05, 0.1) is 9.81 Å². The van der Waals surface area contributed by atoms with Gasteiger partial charge >= 0.3 is 0 Å². The first kappa shape index (κ1) is 47.4. The quantitative estimate of drug-likeness (QED) is 0.0306. The number of thioether (sulfide) groups is 2. The van der Waals surface area contributed by atoms with Crippen molar-refractivity contribution in [1.29, 1.82) is 0 Å². The molecule has 2 aliphatic heterocycles. The van der Waals surface area contributed by atoms with Gasteiger partial charge in [0.2, 0.25) is 11.8 Å². The summed E-state index contributed by atoms with van der Waals surface area (Å²) in [6.07, 6.45) is 3.77. The second kappa shape index (κ2) is 24.1. The molecule has 4 aromatic rings. The van der Waals surface area contributed by atoms with Crippen LogP contribution in [-0.2, 0) is 32.4 Å². The minimum absolute atomic E-state index is 0.168. The number of nitrogens with zero attached hydrogens (tertiary/aromatic N) is 2. The fourth-order valence-electron chi connectivity index (χ4n) is 6.33. The molecule has 0 spiro atoms. The molecule has 4 aromatic carbocycles. The first-order valence-electron chi connectivity index (χ1n) is 20.6. The topological polar surface area (TPSA) is 175 Å². The largest absolute Gasteiger partial charge is 0.489 e. The van der Waals surface area contributed by atoms with Gasteiger partial charge in [-0.15, -0.1) is 0 Å². The lowest BCUT2D eigenvalue weighted by Crippen LogP contribution is -2.41. The Kier molecular flexibility index (Phi) is 17.9. The van der Waals surface area contributed by atoms with Crippen molar-refractivity contribution in [1.82, 2.24) is 31.5 Å². The van der Waals surface area contributed by atoms with Crippen molar-refractivity contribution < 1.29 is 38.2 Å². The zero-order valence-corrected chi connectivity index (χ0v) is 37.9. The van der Waals surface area contributed by atoms with Gasteiger partial charge in [0.25, 0.3) is 23.6 Å². The monoisotopic (exact) mass is 938 g/mol. The maximum absolute atomic E-state index is 13.4. The van der Waals surface area contributed by atoms with Gasteiger partial charge in [0.15, 0.2) is 0 Å². The van der Waals surface area contributed by atoms with Crippen LogP contribution >= 0.6 is 48.0 Å². The smallest absolute Gasteiger partial charge is 0.269 e. The molecule has 64 heavy (non-hydrogen) atoms. The summed E-state index contributed by atoms with van der Waals surface area (Å²) in [6.45, 7) is 1.46. The van der Waals surface area contributed by atoms with Crippen LogP contribution in [0.5, 0.6) is 11.5 Å². The predicted octanol–water partition coefficient (Wildman–Crippen LogP) is 7.12. The van der Waals surface area contributed by atoms with E-state index in [2.05, 4.69) is 21.7 Å². The van der Waals surface area contributed by atoms with E-state index in [1.54, 1.807) is 48.5 Å². The van der Waals surface area contributed by atoms with E-state index >= 15 is 0 Å². The normalized spacial score (nSPS) is 14.7. The highest BCUT2D eigenvalue weighted by Gasteiger charge is 2.41. The van der Waals surface area contributed by atoms with Gasteiger partial charge in [-0.25, -0.2) is 0 Å². The van der Waals surface area contributed by atoms with Gasteiger partial charge in [-0.2, -0.15) is 0 Å². The van der Waals surface area contributed by atoms with Gasteiger partial charge in [-0.1, -0.05) is 121 Å². The molecule has 0 saturated carbocycles. The van der Waals surface area contributed by atoms with Gasteiger partial charge in [-0.05, 0) is 85.3 Å². The van der Waals surface area contributed by atoms with E-state index in [-0.39, 0.29) is 46.3 Å². The number of benzene rings is 4. The number of nitrogens with one attached hydrogen (secondary N) is 4. The summed E-state index contributed by atoms with van der Waals surface area (Å²) in [5.74, 6) is -1.08. The van der Waals surface area contributed by atoms with Gasteiger partial charge in [0, 0.05) is 37.1 Å². The molecule has 18 heteroatoms. The Labute approximate surface area is 390 Å². The van der Waals surface area contributed by atoms with E-state index in [9.17, 15) is 28.8 Å². The molecule has 0 aromatic heterocycles. The fourth-order valence-corrected chi connectivity index (χ4v) is 9.10. The first-order valence-corrected chi connectivity index (χ1v) is 23.0. The molecule has 332 valence electrons. The maximum Gasteiger partial charge on any atom is 0.269 e. The van der Waals surface area contributed by atoms with E-state index in [0.717, 1.165) is 34.7 Å². The van der Waals surface area contributed by atoms with E-state index in [1.165, 1.54) is 9.80 Å². The van der Waals surface area contributed by atoms with Crippen molar-refractivity contribution in [2.45, 2.75) is 64.6 Å².